The van der Waals surface area contributed by atoms with Gasteiger partial charge in [0.2, 0.25) is 0 Å². The van der Waals surface area contributed by atoms with Gasteiger partial charge in [-0.1, -0.05) is 20.8 Å². The van der Waals surface area contributed by atoms with Crippen LogP contribution in [0.25, 0.3) is 0 Å². The molecule has 0 aliphatic heterocycles. The lowest BCUT2D eigenvalue weighted by Gasteiger charge is -2.38. The number of hydrogen-bond donors (Lipinski definition) is 2. The van der Waals surface area contributed by atoms with Crippen LogP contribution in [0.1, 0.15) is 65.7 Å². The van der Waals surface area contributed by atoms with Crippen LogP contribution >= 0.6 is 0 Å². The summed E-state index contributed by atoms with van der Waals surface area (Å²) >= 11 is 0. The molecule has 2 nitrogen and oxygen atoms in total. The number of hydrogen-bond acceptors (Lipinski definition) is 2. The molecule has 0 aromatic heterocycles. The first-order valence-electron chi connectivity index (χ1n) is 7.92. The van der Waals surface area contributed by atoms with Gasteiger partial charge in [-0.2, -0.15) is 0 Å². The minimum Gasteiger partial charge on any atom is -0.389 e. The lowest BCUT2D eigenvalue weighted by Crippen LogP contribution is -2.48. The van der Waals surface area contributed by atoms with E-state index in [9.17, 15) is 5.11 Å². The Morgan fingerprint density at radius 3 is 2.06 bits per heavy atom. The van der Waals surface area contributed by atoms with Crippen molar-refractivity contribution in [3.63, 3.8) is 0 Å². The van der Waals surface area contributed by atoms with E-state index in [2.05, 4.69) is 26.1 Å². The monoisotopic (exact) mass is 253 g/mol. The van der Waals surface area contributed by atoms with Gasteiger partial charge in [0.1, 0.15) is 0 Å². The van der Waals surface area contributed by atoms with Crippen molar-refractivity contribution in [1.82, 2.24) is 5.32 Å². The van der Waals surface area contributed by atoms with Crippen LogP contribution in [-0.2, 0) is 0 Å². The summed E-state index contributed by atoms with van der Waals surface area (Å²) in [6.07, 6.45) is 8.30. The Morgan fingerprint density at radius 1 is 0.944 bits per heavy atom. The molecule has 2 saturated carbocycles. The van der Waals surface area contributed by atoms with Gasteiger partial charge in [-0.05, 0) is 62.7 Å². The molecule has 0 heterocycles. The average molecular weight is 253 g/mol. The maximum atomic E-state index is 10.6. The molecule has 0 saturated heterocycles. The van der Waals surface area contributed by atoms with Gasteiger partial charge in [-0.3, -0.25) is 0 Å². The largest absolute Gasteiger partial charge is 0.389 e. The first-order valence-corrected chi connectivity index (χ1v) is 7.92. The molecule has 2 unspecified atom stereocenters. The van der Waals surface area contributed by atoms with Crippen LogP contribution in [0.3, 0.4) is 0 Å². The minimum atomic E-state index is -0.420. The highest BCUT2D eigenvalue weighted by Crippen LogP contribution is 2.33. The predicted molar refractivity (Wildman–Crippen MR) is 76.6 cm³/mol. The third-order valence-electron chi connectivity index (χ3n) is 5.10. The maximum absolute atomic E-state index is 10.6. The summed E-state index contributed by atoms with van der Waals surface area (Å²) < 4.78 is 0. The van der Waals surface area contributed by atoms with E-state index < -0.39 is 5.60 Å². The van der Waals surface area contributed by atoms with E-state index in [-0.39, 0.29) is 0 Å². The first-order chi connectivity index (χ1) is 8.47. The Bertz CT molecular complexity index is 248. The van der Waals surface area contributed by atoms with Crippen molar-refractivity contribution in [3.8, 4) is 0 Å². The van der Waals surface area contributed by atoms with E-state index in [0.29, 0.717) is 6.04 Å². The Labute approximate surface area is 113 Å². The van der Waals surface area contributed by atoms with Crippen LogP contribution in [0.15, 0.2) is 0 Å². The van der Waals surface area contributed by atoms with Crippen molar-refractivity contribution in [2.24, 2.45) is 17.8 Å². The molecular weight excluding hydrogens is 222 g/mol. The van der Waals surface area contributed by atoms with Crippen LogP contribution in [0.4, 0.5) is 0 Å². The minimum absolute atomic E-state index is 0.420. The second kappa shape index (κ2) is 5.92. The van der Waals surface area contributed by atoms with Crippen LogP contribution in [0.5, 0.6) is 0 Å². The summed E-state index contributed by atoms with van der Waals surface area (Å²) in [5.74, 6) is 2.49. The van der Waals surface area contributed by atoms with Gasteiger partial charge in [-0.25, -0.2) is 0 Å². The fraction of sp³-hybridized carbons (Fsp3) is 1.00. The zero-order valence-electron chi connectivity index (χ0n) is 12.4. The van der Waals surface area contributed by atoms with E-state index in [1.807, 2.05) is 0 Å². The van der Waals surface area contributed by atoms with Gasteiger partial charge in [-0.15, -0.1) is 0 Å². The van der Waals surface area contributed by atoms with Crippen molar-refractivity contribution in [1.29, 1.82) is 0 Å². The highest BCUT2D eigenvalue weighted by molar-refractivity contribution is 4.89. The van der Waals surface area contributed by atoms with E-state index in [1.165, 1.54) is 32.1 Å². The topological polar surface area (TPSA) is 32.3 Å². The lowest BCUT2D eigenvalue weighted by molar-refractivity contribution is -0.0102. The van der Waals surface area contributed by atoms with Gasteiger partial charge in [0.25, 0.3) is 0 Å². The third-order valence-corrected chi connectivity index (χ3v) is 5.10. The molecule has 0 spiro atoms. The maximum Gasteiger partial charge on any atom is 0.0771 e. The Morgan fingerprint density at radius 2 is 1.50 bits per heavy atom. The van der Waals surface area contributed by atoms with E-state index in [4.69, 9.17) is 0 Å². The summed E-state index contributed by atoms with van der Waals surface area (Å²) in [4.78, 5) is 0. The molecule has 2 aliphatic rings. The van der Waals surface area contributed by atoms with Crippen LogP contribution in [0.2, 0.25) is 0 Å². The molecule has 2 atom stereocenters. The summed E-state index contributed by atoms with van der Waals surface area (Å²) in [6, 6.07) is 0.632. The predicted octanol–water partition coefficient (Wildman–Crippen LogP) is 3.34. The van der Waals surface area contributed by atoms with Gasteiger partial charge >= 0.3 is 0 Å². The van der Waals surface area contributed by atoms with Gasteiger partial charge in [0.15, 0.2) is 0 Å². The lowest BCUT2D eigenvalue weighted by atomic mass is 9.78. The quantitative estimate of drug-likeness (QED) is 0.808. The molecule has 2 rings (SSSR count). The number of aliphatic hydroxyl groups is 1. The highest BCUT2D eigenvalue weighted by atomic mass is 16.3. The molecular formula is C16H31NO. The smallest absolute Gasteiger partial charge is 0.0771 e. The first kappa shape index (κ1) is 14.3. The zero-order chi connectivity index (χ0) is 13.2. The summed E-state index contributed by atoms with van der Waals surface area (Å²) in [7, 11) is 0. The fourth-order valence-corrected chi connectivity index (χ4v) is 3.92. The van der Waals surface area contributed by atoms with E-state index >= 15 is 0 Å². The molecule has 2 aliphatic carbocycles. The van der Waals surface area contributed by atoms with E-state index in [0.717, 1.165) is 37.1 Å². The zero-order valence-corrected chi connectivity index (χ0v) is 12.4. The molecule has 0 bridgehead atoms. The van der Waals surface area contributed by atoms with Gasteiger partial charge in [0, 0.05) is 12.6 Å². The summed E-state index contributed by atoms with van der Waals surface area (Å²) in [6.45, 7) is 7.84. The molecule has 2 fully saturated rings. The average Bonchev–Trinajstić information content (AvgIpc) is 2.30. The third kappa shape index (κ3) is 3.96. The molecule has 0 amide bonds. The number of rotatable bonds is 3. The summed E-state index contributed by atoms with van der Waals surface area (Å²) in [5, 5.41) is 14.2. The van der Waals surface area contributed by atoms with Crippen molar-refractivity contribution in [3.05, 3.63) is 0 Å². The molecule has 0 aromatic carbocycles. The Balaban J connectivity index is 1.76. The van der Waals surface area contributed by atoms with Crippen molar-refractivity contribution >= 4 is 0 Å². The Kier molecular flexibility index (Phi) is 4.71. The highest BCUT2D eigenvalue weighted by Gasteiger charge is 2.33. The second-order valence-electron chi connectivity index (χ2n) is 7.40. The summed E-state index contributed by atoms with van der Waals surface area (Å²) in [5.41, 5.74) is -0.420. The second-order valence-corrected chi connectivity index (χ2v) is 7.40. The van der Waals surface area contributed by atoms with Crippen LogP contribution in [0, 0.1) is 17.8 Å². The molecule has 2 heteroatoms. The molecule has 0 radical (unpaired) electrons. The molecule has 0 aromatic rings. The van der Waals surface area contributed by atoms with Crippen molar-refractivity contribution in [2.75, 3.05) is 6.54 Å². The van der Waals surface area contributed by atoms with Gasteiger partial charge in [0.05, 0.1) is 5.60 Å². The van der Waals surface area contributed by atoms with Crippen LogP contribution in [-0.4, -0.2) is 23.3 Å². The normalized spacial score (nSPS) is 46.0. The van der Waals surface area contributed by atoms with Crippen molar-refractivity contribution in [2.45, 2.75) is 77.4 Å². The SMILES string of the molecule is CC1CCC(O)(CNC2CC(C)CC(C)C2)CC1. The Hall–Kier alpha value is -0.0800. The fourth-order valence-electron chi connectivity index (χ4n) is 3.92. The standard InChI is InChI=1S/C16H31NO/c1-12-4-6-16(18,7-5-12)11-17-15-9-13(2)8-14(3)10-15/h12-15,17-18H,4-11H2,1-3H3. The molecule has 2 N–H and O–H groups in total. The van der Waals surface area contributed by atoms with E-state index in [1.54, 1.807) is 0 Å². The van der Waals surface area contributed by atoms with Crippen LogP contribution < -0.4 is 5.32 Å². The van der Waals surface area contributed by atoms with Gasteiger partial charge < -0.3 is 10.4 Å². The molecule has 106 valence electrons. The number of nitrogens with one attached hydrogen (secondary N) is 1. The molecule has 18 heavy (non-hydrogen) atoms. The van der Waals surface area contributed by atoms with Crippen molar-refractivity contribution < 1.29 is 5.11 Å².